The quantitative estimate of drug-likeness (QED) is 0.483. The molecule has 0 saturated carbocycles. The van der Waals surface area contributed by atoms with Gasteiger partial charge in [-0.05, 0) is 54.0 Å². The lowest BCUT2D eigenvalue weighted by molar-refractivity contribution is 0.631. The van der Waals surface area contributed by atoms with E-state index in [1.54, 1.807) is 6.07 Å². The molecule has 1 aliphatic carbocycles. The average molecular weight is 344 g/mol. The number of halogens is 1. The fraction of sp³-hybridized carbons (Fsp3) is 0.200. The summed E-state index contributed by atoms with van der Waals surface area (Å²) in [5.74, 6) is -0.177. The molecular weight excluding hydrogens is 319 g/mol. The lowest BCUT2D eigenvalue weighted by Gasteiger charge is -2.08. The van der Waals surface area contributed by atoms with Crippen molar-refractivity contribution in [1.29, 1.82) is 0 Å². The van der Waals surface area contributed by atoms with E-state index in [1.165, 1.54) is 11.1 Å². The van der Waals surface area contributed by atoms with Crippen LogP contribution in [0.25, 0.3) is 16.7 Å². The molecule has 132 valence electrons. The minimum atomic E-state index is -0.177. The molecule has 0 aliphatic heterocycles. The highest BCUT2D eigenvalue weighted by molar-refractivity contribution is 5.77. The van der Waals surface area contributed by atoms with E-state index in [9.17, 15) is 4.39 Å². The average Bonchev–Trinajstić information content (AvgIpc) is 2.92. The highest BCUT2D eigenvalue weighted by atomic mass is 19.1. The van der Waals surface area contributed by atoms with Crippen molar-refractivity contribution in [1.82, 2.24) is 0 Å². The minimum absolute atomic E-state index is 0.177. The Balaban J connectivity index is 1.82. The molecule has 0 heterocycles. The van der Waals surface area contributed by atoms with Gasteiger partial charge in [-0.2, -0.15) is 0 Å². The van der Waals surface area contributed by atoms with E-state index in [0.29, 0.717) is 5.56 Å². The van der Waals surface area contributed by atoms with E-state index in [-0.39, 0.29) is 5.82 Å². The van der Waals surface area contributed by atoms with Gasteiger partial charge in [0.1, 0.15) is 5.82 Å². The van der Waals surface area contributed by atoms with Crippen molar-refractivity contribution in [2.24, 2.45) is 0 Å². The van der Waals surface area contributed by atoms with Crippen LogP contribution in [0.2, 0.25) is 0 Å². The van der Waals surface area contributed by atoms with Crippen LogP contribution >= 0.6 is 0 Å². The lowest BCUT2D eigenvalue weighted by Crippen LogP contribution is -1.90. The summed E-state index contributed by atoms with van der Waals surface area (Å²) in [5, 5.41) is 0. The molecule has 0 aromatic heterocycles. The van der Waals surface area contributed by atoms with Crippen molar-refractivity contribution in [3.8, 4) is 11.1 Å². The summed E-state index contributed by atoms with van der Waals surface area (Å²) < 4.78 is 14.8. The maximum Gasteiger partial charge on any atom is 0.131 e. The Hall–Kier alpha value is -2.67. The third-order valence-corrected chi connectivity index (χ3v) is 4.81. The van der Waals surface area contributed by atoms with Crippen molar-refractivity contribution in [2.45, 2.75) is 32.6 Å². The van der Waals surface area contributed by atoms with Crippen molar-refractivity contribution < 1.29 is 4.39 Å². The van der Waals surface area contributed by atoms with Gasteiger partial charge < -0.3 is 0 Å². The van der Waals surface area contributed by atoms with Gasteiger partial charge in [-0.3, -0.25) is 0 Å². The summed E-state index contributed by atoms with van der Waals surface area (Å²) in [4.78, 5) is 0. The third-order valence-electron chi connectivity index (χ3n) is 4.81. The van der Waals surface area contributed by atoms with Gasteiger partial charge in [0.15, 0.2) is 0 Å². The molecule has 26 heavy (non-hydrogen) atoms. The molecule has 0 atom stereocenters. The third kappa shape index (κ3) is 4.29. The number of aryl methyl sites for hydroxylation is 1. The largest absolute Gasteiger partial charge is 0.206 e. The molecule has 3 rings (SSSR count). The van der Waals surface area contributed by atoms with Gasteiger partial charge in [0.2, 0.25) is 0 Å². The first kappa shape index (κ1) is 18.1. The second kappa shape index (κ2) is 8.62. The molecule has 0 unspecified atom stereocenters. The number of allylic oxidation sites excluding steroid dienone is 7. The Morgan fingerprint density at radius 2 is 1.77 bits per heavy atom. The second-order valence-corrected chi connectivity index (χ2v) is 6.58. The van der Waals surface area contributed by atoms with Crippen molar-refractivity contribution in [2.75, 3.05) is 0 Å². The van der Waals surface area contributed by atoms with Crippen LogP contribution < -0.4 is 0 Å². The molecule has 0 saturated heterocycles. The Morgan fingerprint density at radius 3 is 2.46 bits per heavy atom. The monoisotopic (exact) mass is 344 g/mol. The molecule has 0 spiro atoms. The van der Waals surface area contributed by atoms with Gasteiger partial charge in [-0.25, -0.2) is 4.39 Å². The van der Waals surface area contributed by atoms with E-state index in [0.717, 1.165) is 42.4 Å². The van der Waals surface area contributed by atoms with Crippen LogP contribution in [-0.4, -0.2) is 0 Å². The molecule has 0 nitrogen and oxygen atoms in total. The zero-order chi connectivity index (χ0) is 18.4. The van der Waals surface area contributed by atoms with E-state index < -0.39 is 0 Å². The molecule has 0 amide bonds. The van der Waals surface area contributed by atoms with Crippen LogP contribution in [0.15, 0.2) is 85.0 Å². The minimum Gasteiger partial charge on any atom is -0.206 e. The predicted molar refractivity (Wildman–Crippen MR) is 110 cm³/mol. The van der Waals surface area contributed by atoms with E-state index in [4.69, 9.17) is 0 Å². The molecular formula is C25H25F. The van der Waals surface area contributed by atoms with Crippen LogP contribution in [-0.2, 0) is 6.42 Å². The van der Waals surface area contributed by atoms with Gasteiger partial charge in [0.05, 0.1) is 0 Å². The summed E-state index contributed by atoms with van der Waals surface area (Å²) in [6.45, 7) is 5.90. The Kier molecular flexibility index (Phi) is 6.01. The smallest absolute Gasteiger partial charge is 0.131 e. The molecule has 1 aliphatic rings. The van der Waals surface area contributed by atoms with Gasteiger partial charge in [0.25, 0.3) is 0 Å². The SMILES string of the molecule is C=CCCc1ccc(-c2ccc(C3=CCC=C(CC)C=C3)cc2F)cc1. The van der Waals surface area contributed by atoms with E-state index >= 15 is 0 Å². The lowest BCUT2D eigenvalue weighted by atomic mass is 9.97. The molecule has 2 aromatic carbocycles. The summed E-state index contributed by atoms with van der Waals surface area (Å²) >= 11 is 0. The van der Waals surface area contributed by atoms with Crippen LogP contribution in [0.5, 0.6) is 0 Å². The maximum atomic E-state index is 14.8. The van der Waals surface area contributed by atoms with Crippen molar-refractivity contribution in [3.63, 3.8) is 0 Å². The summed E-state index contributed by atoms with van der Waals surface area (Å²) in [7, 11) is 0. The summed E-state index contributed by atoms with van der Waals surface area (Å²) in [6, 6.07) is 13.7. The Bertz CT molecular complexity index is 864. The van der Waals surface area contributed by atoms with Gasteiger partial charge in [0, 0.05) is 5.56 Å². The first-order valence-electron chi connectivity index (χ1n) is 9.28. The Labute approximate surface area is 156 Å². The van der Waals surface area contributed by atoms with E-state index in [1.807, 2.05) is 30.3 Å². The van der Waals surface area contributed by atoms with Crippen LogP contribution in [0, 0.1) is 5.82 Å². The van der Waals surface area contributed by atoms with Crippen LogP contribution in [0.4, 0.5) is 4.39 Å². The highest BCUT2D eigenvalue weighted by Gasteiger charge is 2.09. The zero-order valence-electron chi connectivity index (χ0n) is 15.3. The standard InChI is InChI=1S/C25H25F/c1-3-5-7-20-11-14-22(15-12-20)24-17-16-23(18-25(24)26)21-9-6-8-19(4-2)10-13-21/h3,8-18H,1,4-7H2,2H3. The topological polar surface area (TPSA) is 0 Å². The predicted octanol–water partition coefficient (Wildman–Crippen LogP) is 7.29. The first-order chi connectivity index (χ1) is 12.7. The molecule has 0 fully saturated rings. The summed E-state index contributed by atoms with van der Waals surface area (Å²) in [6.07, 6.45) is 14.4. The normalized spacial score (nSPS) is 13.8. The number of rotatable bonds is 6. The Morgan fingerprint density at radius 1 is 1.00 bits per heavy atom. The maximum absolute atomic E-state index is 14.8. The van der Waals surface area contributed by atoms with Gasteiger partial charge >= 0.3 is 0 Å². The fourth-order valence-electron chi connectivity index (χ4n) is 3.19. The van der Waals surface area contributed by atoms with Crippen LogP contribution in [0.1, 0.15) is 37.3 Å². The number of hydrogen-bond acceptors (Lipinski definition) is 0. The van der Waals surface area contributed by atoms with Crippen LogP contribution in [0.3, 0.4) is 0 Å². The number of hydrogen-bond donors (Lipinski definition) is 0. The molecule has 0 N–H and O–H groups in total. The first-order valence-corrected chi connectivity index (χ1v) is 9.28. The molecule has 1 heteroatoms. The molecule has 2 aromatic rings. The molecule has 0 radical (unpaired) electrons. The highest BCUT2D eigenvalue weighted by Crippen LogP contribution is 2.28. The number of benzene rings is 2. The second-order valence-electron chi connectivity index (χ2n) is 6.58. The summed E-state index contributed by atoms with van der Waals surface area (Å²) in [5.41, 5.74) is 6.14. The van der Waals surface area contributed by atoms with Gasteiger partial charge in [-0.1, -0.05) is 79.3 Å². The van der Waals surface area contributed by atoms with Crippen molar-refractivity contribution >= 4 is 5.57 Å². The van der Waals surface area contributed by atoms with E-state index in [2.05, 4.69) is 49.9 Å². The van der Waals surface area contributed by atoms with Crippen molar-refractivity contribution in [3.05, 3.63) is 102 Å². The molecule has 0 bridgehead atoms. The van der Waals surface area contributed by atoms with Gasteiger partial charge in [-0.15, -0.1) is 6.58 Å². The fourth-order valence-corrected chi connectivity index (χ4v) is 3.19. The zero-order valence-corrected chi connectivity index (χ0v) is 15.3.